The van der Waals surface area contributed by atoms with E-state index in [1.54, 1.807) is 12.1 Å². The summed E-state index contributed by atoms with van der Waals surface area (Å²) in [6.07, 6.45) is -4.37. The molecule has 0 aliphatic rings. The lowest BCUT2D eigenvalue weighted by atomic mass is 10.1. The maximum Gasteiger partial charge on any atom is 0.416 e. The Kier molecular flexibility index (Phi) is 4.32. The second-order valence-corrected chi connectivity index (χ2v) is 4.96. The van der Waals surface area contributed by atoms with Crippen LogP contribution in [0.2, 0.25) is 0 Å². The highest BCUT2D eigenvalue weighted by molar-refractivity contribution is 7.12. The van der Waals surface area contributed by atoms with Crippen molar-refractivity contribution in [1.82, 2.24) is 0 Å². The monoisotopic (exact) mass is 312 g/mol. The minimum Gasteiger partial charge on any atom is -0.437 e. The third-order valence-electron chi connectivity index (χ3n) is 2.60. The van der Waals surface area contributed by atoms with Crippen LogP contribution in [0.3, 0.4) is 0 Å². The molecular weight excluding hydrogens is 301 g/mol. The highest BCUT2D eigenvalue weighted by atomic mass is 32.1. The number of ether oxygens (including phenoxy) is 1. The Morgan fingerprint density at radius 3 is 2.33 bits per heavy atom. The predicted octanol–water partition coefficient (Wildman–Crippen LogP) is 4.07. The molecule has 0 aliphatic carbocycles. The van der Waals surface area contributed by atoms with Crippen molar-refractivity contribution >= 4 is 23.0 Å². The minimum atomic E-state index is -4.37. The predicted molar refractivity (Wildman–Crippen MR) is 76.6 cm³/mol. The molecule has 0 bridgehead atoms. The van der Waals surface area contributed by atoms with Crippen LogP contribution in [0, 0.1) is 0 Å². The summed E-state index contributed by atoms with van der Waals surface area (Å²) < 4.78 is 42.9. The first kappa shape index (κ1) is 15.1. The average Bonchev–Trinajstić information content (AvgIpc) is 2.97. The van der Waals surface area contributed by atoms with E-state index in [1.807, 2.05) is 5.38 Å². The molecule has 0 atom stereocenters. The molecule has 0 amide bonds. The molecule has 0 radical (unpaired) electrons. The van der Waals surface area contributed by atoms with E-state index in [0.29, 0.717) is 10.4 Å². The fourth-order valence-electron chi connectivity index (χ4n) is 1.56. The van der Waals surface area contributed by atoms with Crippen molar-refractivity contribution in [3.63, 3.8) is 0 Å². The van der Waals surface area contributed by atoms with Crippen LogP contribution < -0.4 is 5.84 Å². The molecule has 110 valence electrons. The molecule has 21 heavy (non-hydrogen) atoms. The van der Waals surface area contributed by atoms with Gasteiger partial charge in [-0.05, 0) is 23.6 Å². The van der Waals surface area contributed by atoms with Crippen LogP contribution >= 0.6 is 11.3 Å². The minimum absolute atomic E-state index is 0.162. The Morgan fingerprint density at radius 2 is 1.86 bits per heavy atom. The molecule has 1 aromatic heterocycles. The van der Waals surface area contributed by atoms with Crippen molar-refractivity contribution in [2.24, 2.45) is 10.9 Å². The number of hydrogen-bond acceptors (Lipinski definition) is 4. The third kappa shape index (κ3) is 3.63. The van der Waals surface area contributed by atoms with E-state index in [2.05, 4.69) is 11.7 Å². The fraction of sp³-hybridized carbons (Fsp3) is 0.0714. The van der Waals surface area contributed by atoms with E-state index >= 15 is 0 Å². The highest BCUT2D eigenvalue weighted by Crippen LogP contribution is 2.30. The van der Waals surface area contributed by atoms with Gasteiger partial charge in [-0.3, -0.25) is 0 Å². The van der Waals surface area contributed by atoms with Gasteiger partial charge in [0.15, 0.2) is 0 Å². The maximum absolute atomic E-state index is 12.5. The molecule has 0 fully saturated rings. The molecule has 0 spiro atoms. The maximum atomic E-state index is 12.5. The van der Waals surface area contributed by atoms with Gasteiger partial charge < -0.3 is 10.6 Å². The zero-order valence-electron chi connectivity index (χ0n) is 10.7. The summed E-state index contributed by atoms with van der Waals surface area (Å²) in [5.74, 6) is 5.58. The highest BCUT2D eigenvalue weighted by Gasteiger charge is 2.30. The summed E-state index contributed by atoms with van der Waals surface area (Å²) in [4.78, 5) is 0.700. The molecule has 3 nitrogen and oxygen atoms in total. The normalized spacial score (nSPS) is 12.2. The first-order valence-corrected chi connectivity index (χ1v) is 6.66. The van der Waals surface area contributed by atoms with Crippen LogP contribution in [0.25, 0.3) is 5.76 Å². The summed E-state index contributed by atoms with van der Waals surface area (Å²) in [5, 5.41) is 5.34. The molecule has 2 rings (SSSR count). The number of rotatable bonds is 3. The van der Waals surface area contributed by atoms with E-state index in [-0.39, 0.29) is 11.7 Å². The van der Waals surface area contributed by atoms with Gasteiger partial charge in [-0.2, -0.15) is 13.2 Å². The lowest BCUT2D eigenvalue weighted by Gasteiger charge is -2.11. The molecule has 0 saturated heterocycles. The van der Waals surface area contributed by atoms with E-state index < -0.39 is 11.7 Å². The van der Waals surface area contributed by atoms with Gasteiger partial charge in [0, 0.05) is 5.56 Å². The van der Waals surface area contributed by atoms with Crippen molar-refractivity contribution < 1.29 is 17.9 Å². The third-order valence-corrected chi connectivity index (χ3v) is 3.46. The molecule has 1 aromatic carbocycles. The zero-order valence-corrected chi connectivity index (χ0v) is 11.5. The number of thiophene rings is 1. The largest absolute Gasteiger partial charge is 0.437 e. The van der Waals surface area contributed by atoms with E-state index in [9.17, 15) is 13.2 Å². The van der Waals surface area contributed by atoms with Crippen molar-refractivity contribution in [2.45, 2.75) is 6.18 Å². The van der Waals surface area contributed by atoms with Crippen LogP contribution in [0.15, 0.2) is 53.5 Å². The average molecular weight is 312 g/mol. The zero-order chi connectivity index (χ0) is 15.5. The van der Waals surface area contributed by atoms with Gasteiger partial charge in [0.2, 0.25) is 0 Å². The number of benzene rings is 1. The van der Waals surface area contributed by atoms with Gasteiger partial charge in [-0.25, -0.2) is 0 Å². The lowest BCUT2D eigenvalue weighted by Crippen LogP contribution is -2.08. The summed E-state index contributed by atoms with van der Waals surface area (Å²) >= 11 is 1.37. The molecule has 0 aliphatic heterocycles. The van der Waals surface area contributed by atoms with Gasteiger partial charge >= 0.3 is 6.18 Å². The molecule has 1 heterocycles. The topological polar surface area (TPSA) is 47.6 Å². The smallest absolute Gasteiger partial charge is 0.416 e. The van der Waals surface area contributed by atoms with Gasteiger partial charge in [-0.15, -0.1) is 16.4 Å². The summed E-state index contributed by atoms with van der Waals surface area (Å²) in [5.41, 5.74) is -0.314. The first-order valence-electron chi connectivity index (χ1n) is 5.78. The number of nitrogens with zero attached hydrogens (tertiary/aromatic N) is 1. The van der Waals surface area contributed by atoms with E-state index in [0.717, 1.165) is 12.1 Å². The Labute approximate surface area is 123 Å². The number of nitrogens with two attached hydrogens (primary N) is 1. The van der Waals surface area contributed by atoms with Crippen molar-refractivity contribution in [3.05, 3.63) is 64.4 Å². The van der Waals surface area contributed by atoms with Crippen molar-refractivity contribution in [1.29, 1.82) is 0 Å². The first-order chi connectivity index (χ1) is 9.91. The van der Waals surface area contributed by atoms with E-state index in [1.165, 1.54) is 23.5 Å². The fourth-order valence-corrected chi connectivity index (χ4v) is 2.22. The van der Waals surface area contributed by atoms with Gasteiger partial charge in [0.1, 0.15) is 5.76 Å². The number of halogens is 3. The number of hydrazone groups is 1. The van der Waals surface area contributed by atoms with Crippen LogP contribution in [0.5, 0.6) is 0 Å². The Hall–Kier alpha value is -2.28. The Bertz CT molecular complexity index is 646. The summed E-state index contributed by atoms with van der Waals surface area (Å²) in [7, 11) is 0. The Morgan fingerprint density at radius 1 is 1.19 bits per heavy atom. The molecule has 7 heteroatoms. The van der Waals surface area contributed by atoms with Crippen LogP contribution in [-0.2, 0) is 10.9 Å². The van der Waals surface area contributed by atoms with Gasteiger partial charge in [0.25, 0.3) is 5.90 Å². The van der Waals surface area contributed by atoms with E-state index in [4.69, 9.17) is 10.6 Å². The lowest BCUT2D eigenvalue weighted by molar-refractivity contribution is -0.137. The van der Waals surface area contributed by atoms with Crippen molar-refractivity contribution in [3.8, 4) is 0 Å². The molecule has 2 aromatic rings. The summed E-state index contributed by atoms with van der Waals surface area (Å²) in [6.45, 7) is 3.68. The molecule has 0 saturated carbocycles. The molecular formula is C14H11F3N2OS. The van der Waals surface area contributed by atoms with Crippen LogP contribution in [-0.4, -0.2) is 5.90 Å². The SMILES string of the molecule is C=C(O/C(=N\N)c1cccs1)c1ccc(C(F)(F)F)cc1. The van der Waals surface area contributed by atoms with Crippen molar-refractivity contribution in [2.75, 3.05) is 0 Å². The van der Waals surface area contributed by atoms with Crippen LogP contribution in [0.4, 0.5) is 13.2 Å². The standard InChI is InChI=1S/C14H11F3N2OS/c1-9(20-13(19-18)12-3-2-8-21-12)10-4-6-11(7-5-10)14(15,16)17/h2-8H,1,18H2/b19-13-. The quantitative estimate of drug-likeness (QED) is 0.305. The van der Waals surface area contributed by atoms with Gasteiger partial charge in [-0.1, -0.05) is 24.8 Å². The van der Waals surface area contributed by atoms with Gasteiger partial charge in [0.05, 0.1) is 10.4 Å². The molecule has 0 unspecified atom stereocenters. The second kappa shape index (κ2) is 6.01. The van der Waals surface area contributed by atoms with Crippen LogP contribution in [0.1, 0.15) is 16.0 Å². The number of hydrogen-bond donors (Lipinski definition) is 1. The number of alkyl halides is 3. The summed E-state index contributed by atoms with van der Waals surface area (Å²) in [6, 6.07) is 8.07. The molecule has 2 N–H and O–H groups in total. The second-order valence-electron chi connectivity index (χ2n) is 4.01. The Balaban J connectivity index is 2.14.